The fraction of sp³-hybridized carbons (Fsp3) is 0.940. The Balaban J connectivity index is 4.00. The summed E-state index contributed by atoms with van der Waals surface area (Å²) in [6, 6.07) is 0. The second kappa shape index (κ2) is 43.0. The molecule has 6 nitrogen and oxygen atoms in total. The van der Waals surface area contributed by atoms with Crippen LogP contribution in [0.4, 0.5) is 0 Å². The van der Waals surface area contributed by atoms with Crippen molar-refractivity contribution < 1.29 is 28.6 Å². The first kappa shape index (κ1) is 54.4. The fourth-order valence-corrected chi connectivity index (χ4v) is 7.43. The summed E-state index contributed by atoms with van der Waals surface area (Å²) < 4.78 is 16.6. The molecule has 0 fully saturated rings. The van der Waals surface area contributed by atoms with Crippen LogP contribution in [0.3, 0.4) is 0 Å². The molecule has 0 aliphatic rings. The summed E-state index contributed by atoms with van der Waals surface area (Å²) >= 11 is 0. The SMILES string of the molecule is CCCCCCCC(=O)O[C@@H](COC(=O)CCCCCCCCCCCCCCCCCCCCC(C)CC)COC(=O)CCCCCCCCCCC(C)C. The van der Waals surface area contributed by atoms with Gasteiger partial charge in [0, 0.05) is 19.3 Å². The summed E-state index contributed by atoms with van der Waals surface area (Å²) in [6.45, 7) is 11.3. The Morgan fingerprint density at radius 2 is 0.679 bits per heavy atom. The lowest BCUT2D eigenvalue weighted by molar-refractivity contribution is -0.167. The van der Waals surface area contributed by atoms with E-state index in [4.69, 9.17) is 14.2 Å². The lowest BCUT2D eigenvalue weighted by Crippen LogP contribution is -2.30. The minimum Gasteiger partial charge on any atom is -0.462 e. The molecule has 0 aromatic rings. The number of hydrogen-bond donors (Lipinski definition) is 0. The minimum absolute atomic E-state index is 0.0659. The molecule has 0 radical (unpaired) electrons. The molecule has 0 amide bonds. The van der Waals surface area contributed by atoms with Gasteiger partial charge in [-0.1, -0.05) is 234 Å². The van der Waals surface area contributed by atoms with Crippen LogP contribution < -0.4 is 0 Å². The van der Waals surface area contributed by atoms with Crippen molar-refractivity contribution in [1.29, 1.82) is 0 Å². The molecule has 0 saturated heterocycles. The summed E-state index contributed by atoms with van der Waals surface area (Å²) in [5.41, 5.74) is 0. The Labute approximate surface area is 348 Å². The molecule has 0 N–H and O–H groups in total. The van der Waals surface area contributed by atoms with Gasteiger partial charge in [0.1, 0.15) is 13.2 Å². The van der Waals surface area contributed by atoms with Crippen LogP contribution in [0.15, 0.2) is 0 Å². The number of unbranched alkanes of at least 4 members (excludes halogenated alkanes) is 28. The first-order valence-electron chi connectivity index (χ1n) is 24.8. The average molecular weight is 793 g/mol. The molecule has 0 aromatic heterocycles. The molecule has 0 bridgehead atoms. The van der Waals surface area contributed by atoms with Gasteiger partial charge in [-0.2, -0.15) is 0 Å². The highest BCUT2D eigenvalue weighted by Crippen LogP contribution is 2.18. The summed E-state index contributed by atoms with van der Waals surface area (Å²) in [5.74, 6) is 0.837. The zero-order valence-corrected chi connectivity index (χ0v) is 38.3. The number of carbonyl (C=O) groups excluding carboxylic acids is 3. The van der Waals surface area contributed by atoms with Crippen molar-refractivity contribution in [3.63, 3.8) is 0 Å². The molecule has 0 aromatic carbocycles. The number of hydrogen-bond acceptors (Lipinski definition) is 6. The molecule has 0 aliphatic carbocycles. The Morgan fingerprint density at radius 1 is 0.375 bits per heavy atom. The van der Waals surface area contributed by atoms with Gasteiger partial charge < -0.3 is 14.2 Å². The predicted molar refractivity (Wildman–Crippen MR) is 238 cm³/mol. The van der Waals surface area contributed by atoms with E-state index >= 15 is 0 Å². The molecule has 0 heterocycles. The quantitative estimate of drug-likeness (QED) is 0.0347. The lowest BCUT2D eigenvalue weighted by atomic mass is 9.99. The van der Waals surface area contributed by atoms with E-state index in [0.717, 1.165) is 76.0 Å². The summed E-state index contributed by atoms with van der Waals surface area (Å²) in [4.78, 5) is 37.5. The normalized spacial score (nSPS) is 12.5. The Kier molecular flexibility index (Phi) is 41.8. The highest BCUT2D eigenvalue weighted by Gasteiger charge is 2.19. The Bertz CT molecular complexity index is 856. The smallest absolute Gasteiger partial charge is 0.306 e. The number of carbonyl (C=O) groups is 3. The van der Waals surface area contributed by atoms with Crippen LogP contribution in [0, 0.1) is 11.8 Å². The van der Waals surface area contributed by atoms with E-state index < -0.39 is 6.10 Å². The van der Waals surface area contributed by atoms with E-state index in [1.165, 1.54) is 154 Å². The van der Waals surface area contributed by atoms with Gasteiger partial charge >= 0.3 is 17.9 Å². The highest BCUT2D eigenvalue weighted by molar-refractivity contribution is 5.71. The van der Waals surface area contributed by atoms with Crippen molar-refractivity contribution >= 4 is 17.9 Å². The first-order valence-corrected chi connectivity index (χ1v) is 24.8. The molecule has 1 unspecified atom stereocenters. The lowest BCUT2D eigenvalue weighted by Gasteiger charge is -2.18. The van der Waals surface area contributed by atoms with E-state index in [-0.39, 0.29) is 31.1 Å². The maximum atomic E-state index is 12.5. The first-order chi connectivity index (χ1) is 27.3. The van der Waals surface area contributed by atoms with Crippen molar-refractivity contribution in [3.8, 4) is 0 Å². The van der Waals surface area contributed by atoms with Crippen molar-refractivity contribution in [1.82, 2.24) is 0 Å². The van der Waals surface area contributed by atoms with Gasteiger partial charge in [0.25, 0.3) is 0 Å². The van der Waals surface area contributed by atoms with Crippen molar-refractivity contribution in [2.45, 2.75) is 278 Å². The van der Waals surface area contributed by atoms with Gasteiger partial charge in [-0.05, 0) is 31.1 Å². The molecule has 6 heteroatoms. The average Bonchev–Trinajstić information content (AvgIpc) is 3.18. The third-order valence-corrected chi connectivity index (χ3v) is 11.6. The van der Waals surface area contributed by atoms with E-state index in [2.05, 4.69) is 34.6 Å². The van der Waals surface area contributed by atoms with Crippen LogP contribution >= 0.6 is 0 Å². The van der Waals surface area contributed by atoms with E-state index in [1.807, 2.05) is 0 Å². The number of esters is 3. The second-order valence-electron chi connectivity index (χ2n) is 17.8. The van der Waals surface area contributed by atoms with Gasteiger partial charge in [0.2, 0.25) is 0 Å². The zero-order valence-electron chi connectivity index (χ0n) is 38.3. The van der Waals surface area contributed by atoms with Crippen LogP contribution in [-0.4, -0.2) is 37.2 Å². The monoisotopic (exact) mass is 793 g/mol. The van der Waals surface area contributed by atoms with Gasteiger partial charge in [0.15, 0.2) is 6.10 Å². The number of rotatable bonds is 44. The third kappa shape index (κ3) is 42.0. The van der Waals surface area contributed by atoms with Crippen LogP contribution in [0.2, 0.25) is 0 Å². The fourth-order valence-electron chi connectivity index (χ4n) is 7.43. The van der Waals surface area contributed by atoms with Gasteiger partial charge in [-0.15, -0.1) is 0 Å². The Morgan fingerprint density at radius 3 is 1.02 bits per heavy atom. The predicted octanol–water partition coefficient (Wildman–Crippen LogP) is 15.8. The van der Waals surface area contributed by atoms with Gasteiger partial charge in [-0.3, -0.25) is 14.4 Å². The maximum absolute atomic E-state index is 12.5. The van der Waals surface area contributed by atoms with Gasteiger partial charge in [-0.25, -0.2) is 0 Å². The van der Waals surface area contributed by atoms with Crippen LogP contribution in [0.25, 0.3) is 0 Å². The second-order valence-corrected chi connectivity index (χ2v) is 17.8. The molecule has 0 aliphatic heterocycles. The molecular weight excluding hydrogens is 697 g/mol. The molecule has 0 spiro atoms. The number of ether oxygens (including phenoxy) is 3. The van der Waals surface area contributed by atoms with Gasteiger partial charge in [0.05, 0.1) is 0 Å². The topological polar surface area (TPSA) is 78.9 Å². The largest absolute Gasteiger partial charge is 0.462 e. The van der Waals surface area contributed by atoms with Crippen molar-refractivity contribution in [2.75, 3.05) is 13.2 Å². The Hall–Kier alpha value is -1.59. The zero-order chi connectivity index (χ0) is 41.2. The van der Waals surface area contributed by atoms with Crippen LogP contribution in [0.1, 0.15) is 272 Å². The van der Waals surface area contributed by atoms with E-state index in [0.29, 0.717) is 19.3 Å². The molecule has 0 rings (SSSR count). The molecule has 332 valence electrons. The summed E-state index contributed by atoms with van der Waals surface area (Å²) in [5, 5.41) is 0. The van der Waals surface area contributed by atoms with E-state index in [1.54, 1.807) is 0 Å². The molecule has 2 atom stereocenters. The highest BCUT2D eigenvalue weighted by atomic mass is 16.6. The van der Waals surface area contributed by atoms with Crippen molar-refractivity contribution in [2.24, 2.45) is 11.8 Å². The van der Waals surface area contributed by atoms with E-state index in [9.17, 15) is 14.4 Å². The standard InChI is InChI=1S/C50H96O6/c1-6-8-9-28-37-42-50(53)56-47(44-55-49(52)41-36-32-27-23-22-24-29-33-38-45(3)4)43-54-48(51)40-35-31-26-21-19-17-15-13-11-10-12-14-16-18-20-25-30-34-39-46(5)7-2/h45-47H,6-44H2,1-5H3/t46?,47-/m0/s1. The summed E-state index contributed by atoms with van der Waals surface area (Å²) in [7, 11) is 0. The molecular formula is C50H96O6. The van der Waals surface area contributed by atoms with Crippen LogP contribution in [0.5, 0.6) is 0 Å². The van der Waals surface area contributed by atoms with Crippen LogP contribution in [-0.2, 0) is 28.6 Å². The maximum Gasteiger partial charge on any atom is 0.306 e. The third-order valence-electron chi connectivity index (χ3n) is 11.6. The molecule has 56 heavy (non-hydrogen) atoms. The van der Waals surface area contributed by atoms with Crippen molar-refractivity contribution in [3.05, 3.63) is 0 Å². The minimum atomic E-state index is -0.759. The molecule has 0 saturated carbocycles. The summed E-state index contributed by atoms with van der Waals surface area (Å²) in [6.07, 6.45) is 42.7.